The van der Waals surface area contributed by atoms with Crippen LogP contribution in [0, 0.1) is 17.2 Å². The molecule has 1 aromatic rings. The van der Waals surface area contributed by atoms with Gasteiger partial charge in [-0.25, -0.2) is 0 Å². The molecule has 1 aliphatic carbocycles. The fourth-order valence-corrected chi connectivity index (χ4v) is 3.39. The molecule has 1 aliphatic rings. The van der Waals surface area contributed by atoms with Crippen LogP contribution in [0.3, 0.4) is 0 Å². The van der Waals surface area contributed by atoms with Crippen molar-refractivity contribution in [3.05, 3.63) is 35.4 Å². The monoisotopic (exact) mass is 256 g/mol. The SMILES string of the molecule is CCC1CCCCC1N(C)Cc1cccc(C#N)c1. The molecule has 0 spiro atoms. The van der Waals surface area contributed by atoms with Crippen LogP contribution in [0.2, 0.25) is 0 Å². The van der Waals surface area contributed by atoms with Gasteiger partial charge in [-0.2, -0.15) is 5.26 Å². The predicted octanol–water partition coefficient (Wildman–Crippen LogP) is 3.96. The smallest absolute Gasteiger partial charge is 0.0991 e. The third-order valence-electron chi connectivity index (χ3n) is 4.45. The summed E-state index contributed by atoms with van der Waals surface area (Å²) in [6.45, 7) is 3.27. The van der Waals surface area contributed by atoms with E-state index < -0.39 is 0 Å². The average molecular weight is 256 g/mol. The lowest BCUT2D eigenvalue weighted by Gasteiger charge is -2.37. The van der Waals surface area contributed by atoms with Crippen molar-refractivity contribution in [3.8, 4) is 6.07 Å². The second-order valence-electron chi connectivity index (χ2n) is 5.75. The second-order valence-corrected chi connectivity index (χ2v) is 5.75. The topological polar surface area (TPSA) is 27.0 Å². The van der Waals surface area contributed by atoms with Gasteiger partial charge < -0.3 is 0 Å². The van der Waals surface area contributed by atoms with Crippen molar-refractivity contribution in [3.63, 3.8) is 0 Å². The fourth-order valence-electron chi connectivity index (χ4n) is 3.39. The summed E-state index contributed by atoms with van der Waals surface area (Å²) in [5.41, 5.74) is 2.02. The van der Waals surface area contributed by atoms with E-state index in [9.17, 15) is 0 Å². The number of hydrogen-bond acceptors (Lipinski definition) is 2. The number of benzene rings is 1. The highest BCUT2D eigenvalue weighted by Gasteiger charge is 2.26. The zero-order valence-electron chi connectivity index (χ0n) is 12.1. The molecule has 0 heterocycles. The minimum atomic E-state index is 0.712. The summed E-state index contributed by atoms with van der Waals surface area (Å²) in [7, 11) is 2.23. The van der Waals surface area contributed by atoms with E-state index in [1.54, 1.807) is 0 Å². The van der Waals surface area contributed by atoms with Gasteiger partial charge in [0.15, 0.2) is 0 Å². The van der Waals surface area contributed by atoms with Crippen molar-refractivity contribution in [2.45, 2.75) is 51.6 Å². The first kappa shape index (κ1) is 14.1. The van der Waals surface area contributed by atoms with Crippen molar-refractivity contribution in [1.82, 2.24) is 4.90 Å². The van der Waals surface area contributed by atoms with Gasteiger partial charge >= 0.3 is 0 Å². The molecule has 102 valence electrons. The molecule has 2 nitrogen and oxygen atoms in total. The lowest BCUT2D eigenvalue weighted by atomic mass is 9.82. The van der Waals surface area contributed by atoms with Gasteiger partial charge in [-0.1, -0.05) is 38.3 Å². The zero-order chi connectivity index (χ0) is 13.7. The number of nitriles is 1. The molecule has 2 rings (SSSR count). The molecule has 2 atom stereocenters. The van der Waals surface area contributed by atoms with Crippen LogP contribution < -0.4 is 0 Å². The summed E-state index contributed by atoms with van der Waals surface area (Å²) < 4.78 is 0. The first-order valence-corrected chi connectivity index (χ1v) is 7.44. The summed E-state index contributed by atoms with van der Waals surface area (Å²) in [4.78, 5) is 2.49. The van der Waals surface area contributed by atoms with Gasteiger partial charge in [-0.05, 0) is 43.5 Å². The molecule has 0 aromatic heterocycles. The third-order valence-corrected chi connectivity index (χ3v) is 4.45. The second kappa shape index (κ2) is 6.73. The van der Waals surface area contributed by atoms with Crippen LogP contribution in [0.4, 0.5) is 0 Å². The highest BCUT2D eigenvalue weighted by Crippen LogP contribution is 2.30. The summed E-state index contributed by atoms with van der Waals surface area (Å²) in [6.07, 6.45) is 6.75. The van der Waals surface area contributed by atoms with Crippen LogP contribution in [-0.2, 0) is 6.54 Å². The van der Waals surface area contributed by atoms with E-state index in [4.69, 9.17) is 5.26 Å². The third kappa shape index (κ3) is 3.58. The molecule has 0 N–H and O–H groups in total. The van der Waals surface area contributed by atoms with Crippen LogP contribution in [0.25, 0.3) is 0 Å². The van der Waals surface area contributed by atoms with Crippen molar-refractivity contribution < 1.29 is 0 Å². The van der Waals surface area contributed by atoms with Crippen LogP contribution >= 0.6 is 0 Å². The first-order chi connectivity index (χ1) is 9.24. The number of hydrogen-bond donors (Lipinski definition) is 0. The Morgan fingerprint density at radius 1 is 1.32 bits per heavy atom. The van der Waals surface area contributed by atoms with E-state index >= 15 is 0 Å². The van der Waals surface area contributed by atoms with Gasteiger partial charge in [0.2, 0.25) is 0 Å². The molecule has 1 fully saturated rings. The van der Waals surface area contributed by atoms with Crippen LogP contribution in [0.1, 0.15) is 50.2 Å². The molecule has 0 amide bonds. The van der Waals surface area contributed by atoms with Gasteiger partial charge in [0, 0.05) is 12.6 Å². The summed E-state index contributed by atoms with van der Waals surface area (Å²) in [6, 6.07) is 10.9. The highest BCUT2D eigenvalue weighted by atomic mass is 15.1. The van der Waals surface area contributed by atoms with E-state index in [0.29, 0.717) is 6.04 Å². The lowest BCUT2D eigenvalue weighted by molar-refractivity contribution is 0.120. The Morgan fingerprint density at radius 2 is 2.11 bits per heavy atom. The van der Waals surface area contributed by atoms with Gasteiger partial charge in [-0.3, -0.25) is 4.90 Å². The molecular formula is C17H24N2. The molecule has 0 bridgehead atoms. The molecule has 0 saturated heterocycles. The molecule has 19 heavy (non-hydrogen) atoms. The van der Waals surface area contributed by atoms with Crippen molar-refractivity contribution in [1.29, 1.82) is 5.26 Å². The Morgan fingerprint density at radius 3 is 2.84 bits per heavy atom. The zero-order valence-corrected chi connectivity index (χ0v) is 12.1. The largest absolute Gasteiger partial charge is 0.299 e. The Hall–Kier alpha value is -1.33. The Balaban J connectivity index is 2.03. The molecule has 2 heteroatoms. The summed E-state index contributed by atoms with van der Waals surface area (Å²) in [5.74, 6) is 0.845. The van der Waals surface area contributed by atoms with Gasteiger partial charge in [0.05, 0.1) is 11.6 Å². The van der Waals surface area contributed by atoms with Crippen molar-refractivity contribution in [2.75, 3.05) is 7.05 Å². The highest BCUT2D eigenvalue weighted by molar-refractivity contribution is 5.32. The van der Waals surface area contributed by atoms with E-state index in [0.717, 1.165) is 18.0 Å². The molecule has 1 saturated carbocycles. The maximum atomic E-state index is 8.96. The summed E-state index contributed by atoms with van der Waals surface area (Å²) in [5, 5.41) is 8.96. The number of rotatable bonds is 4. The van der Waals surface area contributed by atoms with E-state index in [2.05, 4.69) is 31.0 Å². The minimum absolute atomic E-state index is 0.712. The van der Waals surface area contributed by atoms with Gasteiger partial charge in [0.1, 0.15) is 0 Å². The van der Waals surface area contributed by atoms with Gasteiger partial charge in [-0.15, -0.1) is 0 Å². The quantitative estimate of drug-likeness (QED) is 0.815. The predicted molar refractivity (Wildman–Crippen MR) is 78.7 cm³/mol. The molecule has 0 radical (unpaired) electrons. The lowest BCUT2D eigenvalue weighted by Crippen LogP contribution is -2.39. The Bertz CT molecular complexity index is 447. The molecular weight excluding hydrogens is 232 g/mol. The van der Waals surface area contributed by atoms with Crippen LogP contribution in [-0.4, -0.2) is 18.0 Å². The number of nitrogens with zero attached hydrogens (tertiary/aromatic N) is 2. The Labute approximate surface area is 117 Å². The molecule has 1 aromatic carbocycles. The minimum Gasteiger partial charge on any atom is -0.299 e. The van der Waals surface area contributed by atoms with Crippen LogP contribution in [0.5, 0.6) is 0 Å². The van der Waals surface area contributed by atoms with E-state index in [1.165, 1.54) is 37.7 Å². The van der Waals surface area contributed by atoms with Crippen molar-refractivity contribution in [2.24, 2.45) is 5.92 Å². The Kier molecular flexibility index (Phi) is 4.99. The van der Waals surface area contributed by atoms with Crippen LogP contribution in [0.15, 0.2) is 24.3 Å². The van der Waals surface area contributed by atoms with Gasteiger partial charge in [0.25, 0.3) is 0 Å². The van der Waals surface area contributed by atoms with Crippen molar-refractivity contribution >= 4 is 0 Å². The summed E-state index contributed by atoms with van der Waals surface area (Å²) >= 11 is 0. The van der Waals surface area contributed by atoms with E-state index in [1.807, 2.05) is 18.2 Å². The molecule has 2 unspecified atom stereocenters. The molecule has 0 aliphatic heterocycles. The first-order valence-electron chi connectivity index (χ1n) is 7.44. The average Bonchev–Trinajstić information content (AvgIpc) is 2.47. The normalized spacial score (nSPS) is 23.3. The standard InChI is InChI=1S/C17H24N2/c1-3-16-9-4-5-10-17(16)19(2)13-15-8-6-7-14(11-15)12-18/h6-8,11,16-17H,3-5,9-10,13H2,1-2H3. The fraction of sp³-hybridized carbons (Fsp3) is 0.588. The van der Waals surface area contributed by atoms with E-state index in [-0.39, 0.29) is 0 Å². The maximum absolute atomic E-state index is 8.96. The maximum Gasteiger partial charge on any atom is 0.0991 e.